The third kappa shape index (κ3) is 2.29. The Hall–Kier alpha value is -2.65. The highest BCUT2D eigenvalue weighted by atomic mass is 32.2. The van der Waals surface area contributed by atoms with Gasteiger partial charge in [0.25, 0.3) is 0 Å². The van der Waals surface area contributed by atoms with Crippen molar-refractivity contribution in [1.82, 2.24) is 0 Å². The summed E-state index contributed by atoms with van der Waals surface area (Å²) in [5, 5.41) is 3.72. The Morgan fingerprint density at radius 3 is 2.12 bits per heavy atom. The number of aryl methyl sites for hydroxylation is 1. The van der Waals surface area contributed by atoms with Gasteiger partial charge in [-0.2, -0.15) is 0 Å². The molecule has 0 saturated heterocycles. The molecule has 4 aromatic rings. The van der Waals surface area contributed by atoms with Crippen LogP contribution >= 0.6 is 0 Å². The van der Waals surface area contributed by atoms with Crippen LogP contribution < -0.4 is 0 Å². The number of rotatable bonds is 2. The van der Waals surface area contributed by atoms with Crippen molar-refractivity contribution in [2.75, 3.05) is 0 Å². The van der Waals surface area contributed by atoms with Gasteiger partial charge >= 0.3 is 0 Å². The molecular formula is C21H16O2S. The summed E-state index contributed by atoms with van der Waals surface area (Å²) in [5.41, 5.74) is 1.04. The van der Waals surface area contributed by atoms with Gasteiger partial charge in [-0.05, 0) is 41.3 Å². The van der Waals surface area contributed by atoms with Gasteiger partial charge in [0.15, 0.2) is 0 Å². The number of hydrogen-bond acceptors (Lipinski definition) is 2. The molecule has 0 atom stereocenters. The molecule has 3 heteroatoms. The third-order valence-electron chi connectivity index (χ3n) is 4.35. The van der Waals surface area contributed by atoms with Crippen LogP contribution in [0.1, 0.15) is 5.56 Å². The minimum Gasteiger partial charge on any atom is -0.218 e. The standard InChI is InChI=1S/C21H16O2S/c1-15-9-13-18(14-10-15)24(22,23)20-8-4-6-17-12-11-16-5-2-3-7-19(16)21(17)20/h2-14H,1H3. The number of fused-ring (bicyclic) bond motifs is 3. The lowest BCUT2D eigenvalue weighted by Gasteiger charge is -2.11. The monoisotopic (exact) mass is 332 g/mol. The van der Waals surface area contributed by atoms with E-state index in [1.54, 1.807) is 24.3 Å². The number of hydrogen-bond donors (Lipinski definition) is 0. The molecule has 0 bridgehead atoms. The molecule has 0 aromatic heterocycles. The van der Waals surface area contributed by atoms with Gasteiger partial charge in [-0.15, -0.1) is 0 Å². The molecule has 4 rings (SSSR count). The second-order valence-corrected chi connectivity index (χ2v) is 7.88. The Morgan fingerprint density at radius 2 is 1.33 bits per heavy atom. The van der Waals surface area contributed by atoms with Crippen LogP contribution in [0.2, 0.25) is 0 Å². The Labute approximate surface area is 141 Å². The first-order valence-electron chi connectivity index (χ1n) is 7.79. The maximum atomic E-state index is 13.2. The Balaban J connectivity index is 2.10. The van der Waals surface area contributed by atoms with Crippen molar-refractivity contribution in [2.45, 2.75) is 16.7 Å². The fourth-order valence-electron chi connectivity index (χ4n) is 3.09. The zero-order chi connectivity index (χ0) is 16.7. The van der Waals surface area contributed by atoms with E-state index in [-0.39, 0.29) is 0 Å². The van der Waals surface area contributed by atoms with Crippen molar-refractivity contribution >= 4 is 31.4 Å². The molecule has 2 nitrogen and oxygen atoms in total. The first-order chi connectivity index (χ1) is 11.6. The fourth-order valence-corrected chi connectivity index (χ4v) is 4.60. The van der Waals surface area contributed by atoms with E-state index in [1.165, 1.54) is 0 Å². The third-order valence-corrected chi connectivity index (χ3v) is 6.16. The number of benzene rings is 4. The molecule has 0 aliphatic heterocycles. The zero-order valence-electron chi connectivity index (χ0n) is 13.2. The highest BCUT2D eigenvalue weighted by molar-refractivity contribution is 7.91. The van der Waals surface area contributed by atoms with E-state index in [9.17, 15) is 8.42 Å². The minimum absolute atomic E-state index is 0.327. The summed E-state index contributed by atoms with van der Waals surface area (Å²) in [5.74, 6) is 0. The van der Waals surface area contributed by atoms with Crippen LogP contribution in [-0.4, -0.2) is 8.42 Å². The quantitative estimate of drug-likeness (QED) is 0.477. The van der Waals surface area contributed by atoms with Crippen LogP contribution in [0.4, 0.5) is 0 Å². The van der Waals surface area contributed by atoms with Crippen molar-refractivity contribution in [3.05, 3.63) is 84.4 Å². The van der Waals surface area contributed by atoms with Crippen LogP contribution in [0.3, 0.4) is 0 Å². The largest absolute Gasteiger partial charge is 0.218 e. The Bertz CT molecular complexity index is 1160. The molecule has 0 radical (unpaired) electrons. The highest BCUT2D eigenvalue weighted by Gasteiger charge is 2.21. The smallest absolute Gasteiger partial charge is 0.207 e. The highest BCUT2D eigenvalue weighted by Crippen LogP contribution is 2.33. The van der Waals surface area contributed by atoms with Crippen molar-refractivity contribution in [3.8, 4) is 0 Å². The van der Waals surface area contributed by atoms with E-state index in [4.69, 9.17) is 0 Å². The summed E-state index contributed by atoms with van der Waals surface area (Å²) in [6.07, 6.45) is 0. The lowest BCUT2D eigenvalue weighted by atomic mass is 10.0. The first kappa shape index (κ1) is 14.9. The predicted octanol–water partition coefficient (Wildman–Crippen LogP) is 5.13. The minimum atomic E-state index is -3.57. The predicted molar refractivity (Wildman–Crippen MR) is 98.1 cm³/mol. The molecule has 0 saturated carbocycles. The molecule has 0 fully saturated rings. The van der Waals surface area contributed by atoms with Crippen molar-refractivity contribution < 1.29 is 8.42 Å². The summed E-state index contributed by atoms with van der Waals surface area (Å²) in [6, 6.07) is 24.4. The van der Waals surface area contributed by atoms with Gasteiger partial charge in [0.2, 0.25) is 9.84 Å². The van der Waals surface area contributed by atoms with Crippen LogP contribution in [0.15, 0.2) is 88.7 Å². The summed E-state index contributed by atoms with van der Waals surface area (Å²) in [6.45, 7) is 1.95. The molecular weight excluding hydrogens is 316 g/mol. The molecule has 0 N–H and O–H groups in total. The average Bonchev–Trinajstić information content (AvgIpc) is 2.61. The second-order valence-electron chi connectivity index (χ2n) is 5.96. The maximum absolute atomic E-state index is 13.2. The molecule has 0 aliphatic carbocycles. The van der Waals surface area contributed by atoms with E-state index in [0.717, 1.165) is 27.1 Å². The molecule has 0 aliphatic rings. The summed E-state index contributed by atoms with van der Waals surface area (Å²) in [7, 11) is -3.57. The van der Waals surface area contributed by atoms with Crippen LogP contribution in [-0.2, 0) is 9.84 Å². The van der Waals surface area contributed by atoms with E-state index in [0.29, 0.717) is 9.79 Å². The maximum Gasteiger partial charge on any atom is 0.207 e. The van der Waals surface area contributed by atoms with Gasteiger partial charge in [0, 0.05) is 5.39 Å². The summed E-state index contributed by atoms with van der Waals surface area (Å²) < 4.78 is 26.4. The Kier molecular flexibility index (Phi) is 3.39. The molecule has 0 unspecified atom stereocenters. The normalized spacial score (nSPS) is 11.9. The molecule has 118 valence electrons. The molecule has 24 heavy (non-hydrogen) atoms. The van der Waals surface area contributed by atoms with Crippen molar-refractivity contribution in [3.63, 3.8) is 0 Å². The molecule has 0 heterocycles. The molecule has 0 amide bonds. The zero-order valence-corrected chi connectivity index (χ0v) is 14.0. The second kappa shape index (κ2) is 5.46. The lowest BCUT2D eigenvalue weighted by molar-refractivity contribution is 0.597. The Morgan fingerprint density at radius 1 is 0.667 bits per heavy atom. The first-order valence-corrected chi connectivity index (χ1v) is 9.28. The van der Waals surface area contributed by atoms with Gasteiger partial charge in [0.1, 0.15) is 0 Å². The van der Waals surface area contributed by atoms with Crippen LogP contribution in [0.5, 0.6) is 0 Å². The van der Waals surface area contributed by atoms with E-state index in [2.05, 4.69) is 0 Å². The summed E-state index contributed by atoms with van der Waals surface area (Å²) in [4.78, 5) is 0.689. The lowest BCUT2D eigenvalue weighted by Crippen LogP contribution is -2.03. The van der Waals surface area contributed by atoms with Gasteiger partial charge in [0.05, 0.1) is 9.79 Å². The van der Waals surface area contributed by atoms with E-state index in [1.807, 2.05) is 61.5 Å². The van der Waals surface area contributed by atoms with Gasteiger partial charge in [-0.3, -0.25) is 0 Å². The van der Waals surface area contributed by atoms with Gasteiger partial charge in [-0.1, -0.05) is 66.2 Å². The molecule has 4 aromatic carbocycles. The fraction of sp³-hybridized carbons (Fsp3) is 0.0476. The van der Waals surface area contributed by atoms with Crippen LogP contribution in [0, 0.1) is 6.92 Å². The van der Waals surface area contributed by atoms with Crippen LogP contribution in [0.25, 0.3) is 21.5 Å². The topological polar surface area (TPSA) is 34.1 Å². The number of sulfone groups is 1. The van der Waals surface area contributed by atoms with Crippen molar-refractivity contribution in [2.24, 2.45) is 0 Å². The summed E-state index contributed by atoms with van der Waals surface area (Å²) >= 11 is 0. The van der Waals surface area contributed by atoms with E-state index < -0.39 is 9.84 Å². The van der Waals surface area contributed by atoms with Gasteiger partial charge in [-0.25, -0.2) is 8.42 Å². The molecule has 0 spiro atoms. The van der Waals surface area contributed by atoms with E-state index >= 15 is 0 Å². The SMILES string of the molecule is Cc1ccc(S(=O)(=O)c2cccc3ccc4ccccc4c23)cc1. The van der Waals surface area contributed by atoms with Crippen molar-refractivity contribution in [1.29, 1.82) is 0 Å². The average molecular weight is 332 g/mol. The van der Waals surface area contributed by atoms with Gasteiger partial charge < -0.3 is 0 Å².